The SMILES string of the molecule is C=CC(=O)OCC[N+](C)(C)OP(O)OC. The molecule has 0 aliphatic heterocycles. The largest absolute Gasteiger partial charge is 0.456 e. The zero-order chi connectivity index (χ0) is 11.9. The molecule has 0 heterocycles. The van der Waals surface area contributed by atoms with Crippen LogP contribution < -0.4 is 0 Å². The molecule has 0 radical (unpaired) electrons. The van der Waals surface area contributed by atoms with E-state index in [2.05, 4.69) is 11.1 Å². The molecule has 1 N–H and O–H groups in total. The van der Waals surface area contributed by atoms with Crippen molar-refractivity contribution in [3.63, 3.8) is 0 Å². The molecule has 6 nitrogen and oxygen atoms in total. The number of nitrogens with zero attached hydrogens (tertiary/aromatic N) is 1. The van der Waals surface area contributed by atoms with Crippen molar-refractivity contribution in [1.29, 1.82) is 0 Å². The van der Waals surface area contributed by atoms with Crippen LogP contribution in [-0.2, 0) is 18.7 Å². The Hall–Kier alpha value is -0.520. The second kappa shape index (κ2) is 6.87. The highest BCUT2D eigenvalue weighted by Gasteiger charge is 2.23. The number of carbonyl (C=O) groups excluding carboxylic acids is 1. The van der Waals surface area contributed by atoms with Crippen molar-refractivity contribution in [3.8, 4) is 0 Å². The molecule has 0 aliphatic carbocycles. The Morgan fingerprint density at radius 1 is 1.60 bits per heavy atom. The lowest BCUT2D eigenvalue weighted by Crippen LogP contribution is -2.41. The quantitative estimate of drug-likeness (QED) is 0.231. The van der Waals surface area contributed by atoms with Gasteiger partial charge in [0.2, 0.25) is 0 Å². The van der Waals surface area contributed by atoms with Crippen molar-refractivity contribution in [1.82, 2.24) is 0 Å². The third-order valence-electron chi connectivity index (χ3n) is 1.49. The lowest BCUT2D eigenvalue weighted by atomic mass is 10.6. The molecular weight excluding hydrogens is 221 g/mol. The molecule has 1 atom stereocenters. The lowest BCUT2D eigenvalue weighted by molar-refractivity contribution is -1.05. The minimum absolute atomic E-state index is 0.0421. The average Bonchev–Trinajstić information content (AvgIpc) is 2.16. The standard InChI is InChI=1S/C8H17NO5P/c1-5-8(10)13-7-6-9(2,3)14-15(11)12-4/h5,11H,1,6-7H2,2-4H3/q+1. The molecule has 0 aliphatic rings. The molecule has 0 aromatic rings. The smallest absolute Gasteiger partial charge is 0.388 e. The summed E-state index contributed by atoms with van der Waals surface area (Å²) in [7, 11) is 2.89. The van der Waals surface area contributed by atoms with Crippen LogP contribution in [0.4, 0.5) is 0 Å². The van der Waals surface area contributed by atoms with E-state index in [0.29, 0.717) is 6.54 Å². The third-order valence-corrected chi connectivity index (χ3v) is 2.38. The predicted octanol–water partition coefficient (Wildman–Crippen LogP) is 0.589. The summed E-state index contributed by atoms with van der Waals surface area (Å²) in [6.07, 6.45) is 1.09. The first-order chi connectivity index (χ1) is 6.91. The Labute approximate surface area is 90.6 Å². The van der Waals surface area contributed by atoms with Gasteiger partial charge in [-0.05, 0) is 0 Å². The molecule has 0 saturated heterocycles. The molecule has 88 valence electrons. The third kappa shape index (κ3) is 7.41. The van der Waals surface area contributed by atoms with Crippen LogP contribution in [0.3, 0.4) is 0 Å². The fraction of sp³-hybridized carbons (Fsp3) is 0.625. The van der Waals surface area contributed by atoms with Crippen LogP contribution in [-0.4, -0.2) is 49.9 Å². The number of esters is 1. The Morgan fingerprint density at radius 3 is 2.67 bits per heavy atom. The molecule has 0 saturated carbocycles. The van der Waals surface area contributed by atoms with E-state index in [1.54, 1.807) is 14.1 Å². The Morgan fingerprint density at radius 2 is 2.20 bits per heavy atom. The molecule has 7 heteroatoms. The van der Waals surface area contributed by atoms with Gasteiger partial charge in [0, 0.05) is 13.2 Å². The number of hydroxylamine groups is 3. The van der Waals surface area contributed by atoms with E-state index >= 15 is 0 Å². The Kier molecular flexibility index (Phi) is 6.63. The van der Waals surface area contributed by atoms with Gasteiger partial charge in [-0.25, -0.2) is 4.79 Å². The van der Waals surface area contributed by atoms with Gasteiger partial charge < -0.3 is 14.2 Å². The van der Waals surface area contributed by atoms with Gasteiger partial charge in [-0.1, -0.05) is 6.58 Å². The molecule has 1 unspecified atom stereocenters. The van der Waals surface area contributed by atoms with E-state index in [4.69, 9.17) is 14.3 Å². The normalized spacial score (nSPS) is 13.3. The van der Waals surface area contributed by atoms with E-state index in [9.17, 15) is 4.79 Å². The summed E-state index contributed by atoms with van der Waals surface area (Å²) < 4.78 is 14.5. The van der Waals surface area contributed by atoms with Crippen molar-refractivity contribution in [2.24, 2.45) is 0 Å². The first-order valence-corrected chi connectivity index (χ1v) is 5.39. The van der Waals surface area contributed by atoms with Gasteiger partial charge in [0.05, 0.1) is 14.1 Å². The fourth-order valence-electron chi connectivity index (χ4n) is 0.688. The zero-order valence-electron chi connectivity index (χ0n) is 9.17. The van der Waals surface area contributed by atoms with Crippen molar-refractivity contribution >= 4 is 14.6 Å². The topological polar surface area (TPSA) is 65.0 Å². The van der Waals surface area contributed by atoms with E-state index in [1.807, 2.05) is 0 Å². The first-order valence-electron chi connectivity index (χ1n) is 4.26. The highest BCUT2D eigenvalue weighted by molar-refractivity contribution is 7.40. The minimum Gasteiger partial charge on any atom is -0.456 e. The molecular formula is C8H17NO5P+. The number of hydrogen-bond acceptors (Lipinski definition) is 5. The van der Waals surface area contributed by atoms with Crippen molar-refractivity contribution in [3.05, 3.63) is 12.7 Å². The van der Waals surface area contributed by atoms with Crippen molar-refractivity contribution < 1.29 is 28.2 Å². The molecule has 0 bridgehead atoms. The van der Waals surface area contributed by atoms with Crippen LogP contribution in [0, 0.1) is 0 Å². The van der Waals surface area contributed by atoms with Crippen molar-refractivity contribution in [2.45, 2.75) is 0 Å². The van der Waals surface area contributed by atoms with Gasteiger partial charge in [-0.15, -0.1) is 4.62 Å². The number of ether oxygens (including phenoxy) is 1. The highest BCUT2D eigenvalue weighted by atomic mass is 31.2. The number of hydrogen-bond donors (Lipinski definition) is 1. The second-order valence-corrected chi connectivity index (χ2v) is 4.18. The molecule has 0 rings (SSSR count). The van der Waals surface area contributed by atoms with Gasteiger partial charge in [0.25, 0.3) is 0 Å². The lowest BCUT2D eigenvalue weighted by Gasteiger charge is -2.26. The molecule has 0 aromatic heterocycles. The first kappa shape index (κ1) is 14.5. The van der Waals surface area contributed by atoms with Crippen LogP contribution >= 0.6 is 8.60 Å². The summed E-state index contributed by atoms with van der Waals surface area (Å²) in [6, 6.07) is 0. The highest BCUT2D eigenvalue weighted by Crippen LogP contribution is 2.34. The van der Waals surface area contributed by atoms with Gasteiger partial charge in [0.15, 0.2) is 0 Å². The van der Waals surface area contributed by atoms with Crippen LogP contribution in [0.5, 0.6) is 0 Å². The predicted molar refractivity (Wildman–Crippen MR) is 55.4 cm³/mol. The minimum atomic E-state index is -1.89. The second-order valence-electron chi connectivity index (χ2n) is 3.17. The Balaban J connectivity index is 3.82. The Bertz CT molecular complexity index is 221. The van der Waals surface area contributed by atoms with Crippen LogP contribution in [0.25, 0.3) is 0 Å². The number of carbonyl (C=O) groups is 1. The average molecular weight is 238 g/mol. The summed E-state index contributed by atoms with van der Waals surface area (Å²) in [5, 5.41) is 0. The molecule has 0 spiro atoms. The van der Waals surface area contributed by atoms with E-state index in [1.165, 1.54) is 7.11 Å². The monoisotopic (exact) mass is 238 g/mol. The summed E-state index contributed by atoms with van der Waals surface area (Å²) >= 11 is 0. The molecule has 0 aromatic carbocycles. The summed E-state index contributed by atoms with van der Waals surface area (Å²) in [4.78, 5) is 19.8. The van der Waals surface area contributed by atoms with Gasteiger partial charge in [-0.3, -0.25) is 0 Å². The van der Waals surface area contributed by atoms with Crippen molar-refractivity contribution in [2.75, 3.05) is 34.4 Å². The van der Waals surface area contributed by atoms with Crippen LogP contribution in [0.15, 0.2) is 12.7 Å². The van der Waals surface area contributed by atoms with Gasteiger partial charge in [0.1, 0.15) is 13.2 Å². The number of rotatable bonds is 7. The number of quaternary nitrogens is 1. The van der Waals surface area contributed by atoms with E-state index < -0.39 is 14.6 Å². The van der Waals surface area contributed by atoms with Gasteiger partial charge in [-0.2, -0.15) is 4.65 Å². The molecule has 0 amide bonds. The maximum absolute atomic E-state index is 10.7. The van der Waals surface area contributed by atoms with Crippen LogP contribution in [0.1, 0.15) is 0 Å². The number of likely N-dealkylation sites (N-methyl/N-ethyl adjacent to an activating group) is 1. The maximum Gasteiger partial charge on any atom is 0.388 e. The van der Waals surface area contributed by atoms with E-state index in [0.717, 1.165) is 6.08 Å². The fourth-order valence-corrected chi connectivity index (χ4v) is 1.21. The van der Waals surface area contributed by atoms with E-state index in [-0.39, 0.29) is 11.3 Å². The van der Waals surface area contributed by atoms with Gasteiger partial charge >= 0.3 is 14.6 Å². The summed E-state index contributed by atoms with van der Waals surface area (Å²) in [5.41, 5.74) is 0. The zero-order valence-corrected chi connectivity index (χ0v) is 10.1. The summed E-state index contributed by atoms with van der Waals surface area (Å²) in [5.74, 6) is -0.479. The molecule has 15 heavy (non-hydrogen) atoms. The summed E-state index contributed by atoms with van der Waals surface area (Å²) in [6.45, 7) is 3.86. The molecule has 0 fully saturated rings. The maximum atomic E-state index is 10.7. The van der Waals surface area contributed by atoms with Crippen LogP contribution in [0.2, 0.25) is 0 Å².